The van der Waals surface area contributed by atoms with Crippen LogP contribution in [0.4, 0.5) is 11.4 Å². The van der Waals surface area contributed by atoms with Gasteiger partial charge in [0.25, 0.3) is 0 Å². The minimum absolute atomic E-state index is 0.0212. The number of carbonyl (C=O) groups excluding carboxylic acids is 2. The van der Waals surface area contributed by atoms with Crippen LogP contribution in [0.2, 0.25) is 5.02 Å². The molecule has 15 heteroatoms. The third kappa shape index (κ3) is 8.68. The highest BCUT2D eigenvalue weighted by Gasteiger charge is 2.19. The number of carbonyl (C=O) groups is 2. The van der Waals surface area contributed by atoms with Crippen molar-refractivity contribution in [3.63, 3.8) is 0 Å². The summed E-state index contributed by atoms with van der Waals surface area (Å²) in [6.45, 7) is 17.2. The van der Waals surface area contributed by atoms with E-state index >= 15 is 0 Å². The number of ether oxygens (including phenoxy) is 2. The molecule has 4 aromatic rings. The van der Waals surface area contributed by atoms with Gasteiger partial charge in [-0.15, -0.1) is 0 Å². The average Bonchev–Trinajstić information content (AvgIpc) is 2.91. The normalized spacial score (nSPS) is 10.3. The number of H-pyrrole nitrogens is 1. The van der Waals surface area contributed by atoms with E-state index in [4.69, 9.17) is 24.7 Å². The van der Waals surface area contributed by atoms with Crippen LogP contribution in [0.1, 0.15) is 32.1 Å². The number of pyridine rings is 2. The Hall–Kier alpha value is -3.63. The molecule has 1 N–H and O–H groups in total. The van der Waals surface area contributed by atoms with Crippen LogP contribution in [0, 0.1) is 27.0 Å². The fourth-order valence-corrected chi connectivity index (χ4v) is 3.92. The molecule has 0 radical (unpaired) electrons. The quantitative estimate of drug-likeness (QED) is 0.130. The lowest BCUT2D eigenvalue weighted by atomic mass is 10.1. The molecule has 0 unspecified atom stereocenters. The molecule has 2 aromatic carbocycles. The number of rotatable bonds is 2. The SMILES string of the molecule is O=P(Cl)(Cl)Cl.[C-]#[N+]c1ccc2[nH]c(C)c(C(=O)OC)c(=O)c2c1.[C-]#[N+]c1ccc2nc(C)c(C(=O)OC)c(Cl)c2c1. The number of nitrogens with zero attached hydrogens (tertiary/aromatic N) is 3. The Balaban J connectivity index is 0.000000247. The second-order valence-electron chi connectivity index (χ2n) is 7.88. The minimum atomic E-state index is -3.22. The van der Waals surface area contributed by atoms with Gasteiger partial charge in [0.2, 0.25) is 5.43 Å². The van der Waals surface area contributed by atoms with E-state index in [1.165, 1.54) is 20.3 Å². The summed E-state index contributed by atoms with van der Waals surface area (Å²) in [5.41, 5.74) is 2.82. The maximum Gasteiger partial charge on any atom is 0.343 e. The molecule has 0 bridgehead atoms. The molecule has 2 aromatic heterocycles. The van der Waals surface area contributed by atoms with Crippen molar-refractivity contribution in [3.8, 4) is 0 Å². The largest absolute Gasteiger partial charge is 0.465 e. The van der Waals surface area contributed by atoms with Crippen molar-refractivity contribution in [2.24, 2.45) is 0 Å². The van der Waals surface area contributed by atoms with Crippen molar-refractivity contribution >= 4 is 95.6 Å². The van der Waals surface area contributed by atoms with E-state index in [-0.39, 0.29) is 16.1 Å². The lowest BCUT2D eigenvalue weighted by Crippen LogP contribution is -2.19. The average molecular weight is 656 g/mol. The van der Waals surface area contributed by atoms with Gasteiger partial charge in [0, 0.05) is 22.0 Å². The van der Waals surface area contributed by atoms with Crippen LogP contribution >= 0.6 is 50.5 Å². The summed E-state index contributed by atoms with van der Waals surface area (Å²) < 4.78 is 18.8. The molecule has 0 aliphatic heterocycles. The van der Waals surface area contributed by atoms with Gasteiger partial charge in [0.1, 0.15) is 11.1 Å². The summed E-state index contributed by atoms with van der Waals surface area (Å²) in [6.07, 6.45) is 0. The monoisotopic (exact) mass is 654 g/mol. The number of aromatic amines is 1. The third-order valence-electron chi connectivity index (χ3n) is 5.30. The van der Waals surface area contributed by atoms with Gasteiger partial charge in [-0.1, -0.05) is 23.7 Å². The maximum atomic E-state index is 12.2. The predicted octanol–water partition coefficient (Wildman–Crippen LogP) is 8.52. The number of benzene rings is 2. The van der Waals surface area contributed by atoms with E-state index in [0.29, 0.717) is 44.6 Å². The fraction of sp³-hybridized carbons (Fsp3) is 0.154. The molecule has 0 fully saturated rings. The van der Waals surface area contributed by atoms with Gasteiger partial charge < -0.3 is 14.5 Å². The first-order valence-electron chi connectivity index (χ1n) is 11.0. The number of fused-ring (bicyclic) bond motifs is 2. The zero-order chi connectivity index (χ0) is 31.1. The lowest BCUT2D eigenvalue weighted by molar-refractivity contribution is 0.0590. The summed E-state index contributed by atoms with van der Waals surface area (Å²) in [5, 5.41) is -2.06. The summed E-state index contributed by atoms with van der Waals surface area (Å²) in [4.78, 5) is 49.2. The third-order valence-corrected chi connectivity index (χ3v) is 5.69. The highest BCUT2D eigenvalue weighted by molar-refractivity contribution is 8.24. The zero-order valence-electron chi connectivity index (χ0n) is 21.7. The van der Waals surface area contributed by atoms with E-state index < -0.39 is 22.6 Å². The van der Waals surface area contributed by atoms with E-state index in [1.54, 1.807) is 44.2 Å². The molecule has 0 saturated carbocycles. The van der Waals surface area contributed by atoms with Gasteiger partial charge >= 0.3 is 17.1 Å². The zero-order valence-corrected chi connectivity index (χ0v) is 25.6. The number of aryl methyl sites for hydroxylation is 2. The number of aromatic nitrogens is 2. The molecule has 0 spiro atoms. The first-order chi connectivity index (χ1) is 19.2. The first-order valence-corrected chi connectivity index (χ1v) is 15.8. The summed E-state index contributed by atoms with van der Waals surface area (Å²) in [7, 11) is 2.51. The Morgan fingerprint density at radius 1 is 0.902 bits per heavy atom. The van der Waals surface area contributed by atoms with Crippen molar-refractivity contribution in [1.82, 2.24) is 9.97 Å². The molecule has 0 aliphatic carbocycles. The topological polar surface area (TPSA) is 124 Å². The summed E-state index contributed by atoms with van der Waals surface area (Å²) in [6, 6.07) is 9.72. The van der Waals surface area contributed by atoms with Crippen LogP contribution in [-0.2, 0) is 14.0 Å². The molecule has 212 valence electrons. The van der Waals surface area contributed by atoms with Gasteiger partial charge in [0.05, 0.1) is 43.6 Å². The predicted molar refractivity (Wildman–Crippen MR) is 161 cm³/mol. The van der Waals surface area contributed by atoms with E-state index in [9.17, 15) is 18.9 Å². The summed E-state index contributed by atoms with van der Waals surface area (Å²) >= 11 is 20.1. The molecule has 0 amide bonds. The molecule has 10 nitrogen and oxygen atoms in total. The Morgan fingerprint density at radius 3 is 1.90 bits per heavy atom. The molecule has 41 heavy (non-hydrogen) atoms. The van der Waals surface area contributed by atoms with E-state index in [1.807, 2.05) is 0 Å². The number of methoxy groups -OCH3 is 2. The van der Waals surface area contributed by atoms with Gasteiger partial charge in [-0.2, -0.15) is 0 Å². The fourth-order valence-electron chi connectivity index (χ4n) is 3.55. The highest BCUT2D eigenvalue weighted by atomic mass is 36.0. The van der Waals surface area contributed by atoms with Gasteiger partial charge in [0.15, 0.2) is 11.4 Å². The molecule has 4 rings (SSSR count). The smallest absolute Gasteiger partial charge is 0.343 e. The van der Waals surface area contributed by atoms with Crippen LogP contribution in [0.3, 0.4) is 0 Å². The number of hydrogen-bond donors (Lipinski definition) is 1. The van der Waals surface area contributed by atoms with Gasteiger partial charge in [-0.25, -0.2) is 19.3 Å². The molecular formula is C26H19Cl4N4O6P. The first kappa shape index (κ1) is 33.6. The summed E-state index contributed by atoms with van der Waals surface area (Å²) in [5.74, 6) is -1.20. The van der Waals surface area contributed by atoms with Crippen LogP contribution in [-0.4, -0.2) is 36.1 Å². The van der Waals surface area contributed by atoms with Crippen molar-refractivity contribution in [2.45, 2.75) is 13.8 Å². The van der Waals surface area contributed by atoms with Crippen molar-refractivity contribution in [3.05, 3.63) is 97.0 Å². The van der Waals surface area contributed by atoms with E-state index in [0.717, 1.165) is 0 Å². The van der Waals surface area contributed by atoms with Crippen LogP contribution in [0.5, 0.6) is 0 Å². The van der Waals surface area contributed by atoms with Gasteiger partial charge in [-0.3, -0.25) is 14.3 Å². The maximum absolute atomic E-state index is 12.2. The molecule has 2 heterocycles. The van der Waals surface area contributed by atoms with Gasteiger partial charge in [-0.05, 0) is 71.8 Å². The van der Waals surface area contributed by atoms with E-state index in [2.05, 4.69) is 62.9 Å². The number of nitrogens with one attached hydrogen (secondary N) is 1. The molecule has 0 aliphatic rings. The number of hydrogen-bond acceptors (Lipinski definition) is 7. The van der Waals surface area contributed by atoms with Crippen molar-refractivity contribution in [1.29, 1.82) is 0 Å². The van der Waals surface area contributed by atoms with Crippen molar-refractivity contribution < 1.29 is 23.6 Å². The van der Waals surface area contributed by atoms with Crippen LogP contribution < -0.4 is 5.43 Å². The second kappa shape index (κ2) is 14.3. The van der Waals surface area contributed by atoms with Crippen LogP contribution in [0.15, 0.2) is 41.2 Å². The number of esters is 2. The van der Waals surface area contributed by atoms with Crippen molar-refractivity contribution in [2.75, 3.05) is 14.2 Å². The standard InChI is InChI=1S/C13H9ClN2O2.C13H10N2O3.Cl3OP/c1-7-11(13(17)18-3)12(14)9-6-8(15-2)4-5-10(9)16-7;1-7-11(13(17)18-3)12(16)9-6-8(14-2)4-5-10(9)15-7;1-5(2,3)4/h4-6H,1,3H3;4-6H,1,3H3,(H,15,16);. The highest BCUT2D eigenvalue weighted by Crippen LogP contribution is 2.61. The Labute approximate surface area is 253 Å². The number of halogens is 4. The molecule has 0 atom stereocenters. The Bertz CT molecular complexity index is 1850. The minimum Gasteiger partial charge on any atom is -0.465 e. The molecule has 0 saturated heterocycles. The Kier molecular flexibility index (Phi) is 11.7. The Morgan fingerprint density at radius 2 is 1.39 bits per heavy atom. The van der Waals surface area contributed by atoms with Crippen LogP contribution in [0.25, 0.3) is 31.5 Å². The lowest BCUT2D eigenvalue weighted by Gasteiger charge is -2.09. The second-order valence-corrected chi connectivity index (χ2v) is 14.9. The molecular weight excluding hydrogens is 637 g/mol.